The molecule has 4 amide bonds. The fourth-order valence-corrected chi connectivity index (χ4v) is 7.70. The molecule has 6 heteroatoms. The van der Waals surface area contributed by atoms with Gasteiger partial charge in [-0.05, 0) is 116 Å². The van der Waals surface area contributed by atoms with E-state index in [0.717, 1.165) is 54.6 Å². The molecule has 6 nitrogen and oxygen atoms in total. The lowest BCUT2D eigenvalue weighted by atomic mass is 9.89. The predicted molar refractivity (Wildman–Crippen MR) is 148 cm³/mol. The minimum Gasteiger partial charge on any atom is -0.338 e. The van der Waals surface area contributed by atoms with Gasteiger partial charge in [0.2, 0.25) is 0 Å². The molecule has 6 unspecified atom stereocenters. The summed E-state index contributed by atoms with van der Waals surface area (Å²) < 4.78 is 0. The summed E-state index contributed by atoms with van der Waals surface area (Å²) in [5.74, 6) is 4.78. The summed E-state index contributed by atoms with van der Waals surface area (Å²) in [6.45, 7) is 1.58. The van der Waals surface area contributed by atoms with Crippen LogP contribution in [0, 0.1) is 35.5 Å². The third-order valence-corrected chi connectivity index (χ3v) is 9.65. The molecular weight excluding hydrogens is 460 g/mol. The summed E-state index contributed by atoms with van der Waals surface area (Å²) in [7, 11) is 0. The van der Waals surface area contributed by atoms with E-state index < -0.39 is 0 Å². The van der Waals surface area contributed by atoms with Crippen LogP contribution in [0.15, 0.2) is 48.5 Å². The van der Waals surface area contributed by atoms with Crippen LogP contribution in [0.1, 0.15) is 62.5 Å². The van der Waals surface area contributed by atoms with E-state index in [9.17, 15) is 9.59 Å². The number of hydrogen-bond donors (Lipinski definition) is 4. The van der Waals surface area contributed by atoms with Gasteiger partial charge in [0.05, 0.1) is 0 Å². The van der Waals surface area contributed by atoms with Crippen molar-refractivity contribution in [2.45, 2.75) is 57.8 Å². The Hall–Kier alpha value is -3.02. The van der Waals surface area contributed by atoms with Crippen LogP contribution in [-0.4, -0.2) is 25.2 Å². The molecule has 4 aliphatic rings. The molecule has 4 aliphatic carbocycles. The van der Waals surface area contributed by atoms with Crippen molar-refractivity contribution in [3.8, 4) is 0 Å². The van der Waals surface area contributed by atoms with Gasteiger partial charge in [0.25, 0.3) is 0 Å². The Kier molecular flexibility index (Phi) is 7.08. The average molecular weight is 501 g/mol. The maximum absolute atomic E-state index is 12.3. The maximum Gasteiger partial charge on any atom is 0.319 e. The second-order valence-electron chi connectivity index (χ2n) is 12.1. The van der Waals surface area contributed by atoms with Crippen LogP contribution in [0.4, 0.5) is 21.0 Å². The molecule has 2 aromatic carbocycles. The van der Waals surface area contributed by atoms with Gasteiger partial charge in [-0.25, -0.2) is 9.59 Å². The van der Waals surface area contributed by atoms with Crippen LogP contribution in [-0.2, 0) is 6.42 Å². The monoisotopic (exact) mass is 500 g/mol. The van der Waals surface area contributed by atoms with E-state index in [1.807, 2.05) is 24.3 Å². The average Bonchev–Trinajstić information content (AvgIpc) is 3.71. The van der Waals surface area contributed by atoms with Crippen molar-refractivity contribution >= 4 is 23.4 Å². The molecule has 0 aromatic heterocycles. The summed E-state index contributed by atoms with van der Waals surface area (Å²) in [5, 5.41) is 12.1. The van der Waals surface area contributed by atoms with E-state index >= 15 is 0 Å². The van der Waals surface area contributed by atoms with Crippen molar-refractivity contribution in [2.75, 3.05) is 23.7 Å². The number of carbonyl (C=O) groups is 2. The highest BCUT2D eigenvalue weighted by molar-refractivity contribution is 5.89. The van der Waals surface area contributed by atoms with Gasteiger partial charge in [0, 0.05) is 24.5 Å². The minimum atomic E-state index is -0.113. The zero-order chi connectivity index (χ0) is 25.2. The Morgan fingerprint density at radius 2 is 1.03 bits per heavy atom. The number of carbonyl (C=O) groups excluding carboxylic acids is 2. The molecular formula is C31H40N4O2. The normalized spacial score (nSPS) is 29.3. The lowest BCUT2D eigenvalue weighted by molar-refractivity contribution is 0.245. The summed E-state index contributed by atoms with van der Waals surface area (Å²) >= 11 is 0. The Morgan fingerprint density at radius 1 is 0.595 bits per heavy atom. The Balaban J connectivity index is 0.917. The van der Waals surface area contributed by atoms with Crippen molar-refractivity contribution < 1.29 is 9.59 Å². The molecule has 4 saturated carbocycles. The van der Waals surface area contributed by atoms with E-state index in [1.165, 1.54) is 62.5 Å². The Morgan fingerprint density at radius 3 is 1.38 bits per heavy atom. The van der Waals surface area contributed by atoms with Gasteiger partial charge in [-0.2, -0.15) is 0 Å². The van der Waals surface area contributed by atoms with Crippen LogP contribution in [0.3, 0.4) is 0 Å². The lowest BCUT2D eigenvalue weighted by Crippen LogP contribution is -2.34. The molecule has 196 valence electrons. The van der Waals surface area contributed by atoms with Gasteiger partial charge < -0.3 is 21.3 Å². The van der Waals surface area contributed by atoms with Gasteiger partial charge in [0.15, 0.2) is 0 Å². The number of anilines is 2. The topological polar surface area (TPSA) is 82.3 Å². The molecule has 37 heavy (non-hydrogen) atoms. The number of urea groups is 2. The van der Waals surface area contributed by atoms with Crippen molar-refractivity contribution in [1.82, 2.24) is 10.6 Å². The van der Waals surface area contributed by atoms with Crippen molar-refractivity contribution in [2.24, 2.45) is 35.5 Å². The molecule has 6 atom stereocenters. The molecule has 4 fully saturated rings. The fraction of sp³-hybridized carbons (Fsp3) is 0.548. The van der Waals surface area contributed by atoms with Crippen LogP contribution >= 0.6 is 0 Å². The van der Waals surface area contributed by atoms with Crippen molar-refractivity contribution in [3.05, 3.63) is 59.7 Å². The quantitative estimate of drug-likeness (QED) is 0.339. The first-order chi connectivity index (χ1) is 18.1. The molecule has 0 radical (unpaired) electrons. The van der Waals surface area contributed by atoms with E-state index in [2.05, 4.69) is 45.5 Å². The first kappa shape index (κ1) is 24.3. The van der Waals surface area contributed by atoms with Crippen LogP contribution < -0.4 is 21.3 Å². The van der Waals surface area contributed by atoms with Crippen LogP contribution in [0.25, 0.3) is 0 Å². The lowest BCUT2D eigenvalue weighted by Gasteiger charge is -2.21. The number of amides is 4. The zero-order valence-electron chi connectivity index (χ0n) is 21.7. The summed E-state index contributed by atoms with van der Waals surface area (Å²) in [4.78, 5) is 24.7. The molecule has 4 bridgehead atoms. The highest BCUT2D eigenvalue weighted by atomic mass is 16.2. The van der Waals surface area contributed by atoms with E-state index in [0.29, 0.717) is 11.8 Å². The second kappa shape index (κ2) is 10.8. The van der Waals surface area contributed by atoms with Gasteiger partial charge in [0.1, 0.15) is 0 Å². The third kappa shape index (κ3) is 5.94. The van der Waals surface area contributed by atoms with Gasteiger partial charge in [-0.15, -0.1) is 0 Å². The smallest absolute Gasteiger partial charge is 0.319 e. The number of fused-ring (bicyclic) bond motifs is 4. The van der Waals surface area contributed by atoms with E-state index in [-0.39, 0.29) is 12.1 Å². The highest BCUT2D eigenvalue weighted by Gasteiger charge is 2.40. The first-order valence-electron chi connectivity index (χ1n) is 14.3. The van der Waals surface area contributed by atoms with Gasteiger partial charge >= 0.3 is 12.1 Å². The van der Waals surface area contributed by atoms with Gasteiger partial charge in [-0.1, -0.05) is 37.1 Å². The van der Waals surface area contributed by atoms with Gasteiger partial charge in [-0.3, -0.25) is 0 Å². The molecule has 0 heterocycles. The van der Waals surface area contributed by atoms with E-state index in [1.54, 1.807) is 0 Å². The maximum atomic E-state index is 12.3. The predicted octanol–water partition coefficient (Wildman–Crippen LogP) is 6.39. The Labute approximate surface area is 220 Å². The zero-order valence-corrected chi connectivity index (χ0v) is 21.7. The summed E-state index contributed by atoms with van der Waals surface area (Å²) in [6, 6.07) is 15.8. The number of benzene rings is 2. The van der Waals surface area contributed by atoms with Crippen molar-refractivity contribution in [3.63, 3.8) is 0 Å². The summed E-state index contributed by atoms with van der Waals surface area (Å²) in [5.41, 5.74) is 3.98. The molecule has 0 aliphatic heterocycles. The second-order valence-corrected chi connectivity index (χ2v) is 12.1. The van der Waals surface area contributed by atoms with E-state index in [4.69, 9.17) is 0 Å². The molecule has 6 rings (SSSR count). The van der Waals surface area contributed by atoms with Crippen molar-refractivity contribution in [1.29, 1.82) is 0 Å². The molecule has 4 N–H and O–H groups in total. The minimum absolute atomic E-state index is 0.113. The fourth-order valence-electron chi connectivity index (χ4n) is 7.70. The largest absolute Gasteiger partial charge is 0.338 e. The Bertz CT molecular complexity index is 1010. The highest BCUT2D eigenvalue weighted by Crippen LogP contribution is 2.48. The molecule has 0 saturated heterocycles. The summed E-state index contributed by atoms with van der Waals surface area (Å²) in [6.07, 6.45) is 11.6. The van der Waals surface area contributed by atoms with Crippen LogP contribution in [0.5, 0.6) is 0 Å². The number of hydrogen-bond acceptors (Lipinski definition) is 2. The molecule has 0 spiro atoms. The standard InChI is InChI=1S/C31H40N4O2/c36-30(32-18-26-16-22-1-7-24(26)14-22)34-28-9-3-20(4-10-28)13-21-5-11-29(12-6-21)35-31(37)33-19-27-17-23-2-8-25(27)15-23/h3-6,9-12,22-27H,1-2,7-8,13-19H2,(H2,32,34,36)(H2,33,35,37). The third-order valence-electron chi connectivity index (χ3n) is 9.65. The van der Waals surface area contributed by atoms with Crippen LogP contribution in [0.2, 0.25) is 0 Å². The first-order valence-corrected chi connectivity index (χ1v) is 14.3. The number of nitrogens with one attached hydrogen (secondary N) is 4. The number of rotatable bonds is 8. The molecule has 2 aromatic rings. The SMILES string of the molecule is O=C(NCC1CC2CCC1C2)Nc1ccc(Cc2ccc(NC(=O)NCC3CC4CCC3C4)cc2)cc1.